The molecule has 0 bridgehead atoms. The van der Waals surface area contributed by atoms with Crippen molar-refractivity contribution in [3.8, 4) is 0 Å². The first-order valence-electron chi connectivity index (χ1n) is 4.02. The molecule has 0 spiro atoms. The standard InChI is InChI=1S/C7H4F6N2O/c8-3-2-1(5(16)6(3,9)10)4(15-14-2)7(11,12)13/h3,5,16H,(H,14,15). The Kier molecular flexibility index (Phi) is 2.04. The number of hydrogen-bond donors (Lipinski definition) is 2. The Labute approximate surface area is 84.1 Å². The van der Waals surface area contributed by atoms with Crippen LogP contribution < -0.4 is 0 Å². The minimum atomic E-state index is -5.02. The summed E-state index contributed by atoms with van der Waals surface area (Å²) in [5.41, 5.74) is -3.95. The summed E-state index contributed by atoms with van der Waals surface area (Å²) in [4.78, 5) is 0. The summed E-state index contributed by atoms with van der Waals surface area (Å²) in [6, 6.07) is 0. The first kappa shape index (κ1) is 11.2. The molecule has 0 aliphatic heterocycles. The van der Waals surface area contributed by atoms with Crippen molar-refractivity contribution in [1.82, 2.24) is 10.2 Å². The summed E-state index contributed by atoms with van der Waals surface area (Å²) in [5, 5.41) is 13.2. The lowest BCUT2D eigenvalue weighted by molar-refractivity contribution is -0.156. The molecule has 2 rings (SSSR count). The van der Waals surface area contributed by atoms with Crippen LogP contribution in [0.2, 0.25) is 0 Å². The van der Waals surface area contributed by atoms with E-state index < -0.39 is 41.3 Å². The third-order valence-electron chi connectivity index (χ3n) is 2.33. The molecule has 3 nitrogen and oxygen atoms in total. The Bertz CT molecular complexity index is 425. The van der Waals surface area contributed by atoms with Crippen molar-refractivity contribution in [1.29, 1.82) is 0 Å². The number of aromatic nitrogens is 2. The van der Waals surface area contributed by atoms with E-state index >= 15 is 0 Å². The third kappa shape index (κ3) is 1.24. The van der Waals surface area contributed by atoms with Gasteiger partial charge in [-0.15, -0.1) is 0 Å². The Morgan fingerprint density at radius 1 is 1.31 bits per heavy atom. The molecule has 0 fully saturated rings. The summed E-state index contributed by atoms with van der Waals surface area (Å²) < 4.78 is 75.6. The highest BCUT2D eigenvalue weighted by Gasteiger charge is 2.60. The quantitative estimate of drug-likeness (QED) is 0.689. The number of aromatic amines is 1. The van der Waals surface area contributed by atoms with E-state index in [9.17, 15) is 26.3 Å². The molecule has 1 aromatic rings. The lowest BCUT2D eigenvalue weighted by Crippen LogP contribution is -2.26. The van der Waals surface area contributed by atoms with Crippen molar-refractivity contribution >= 4 is 0 Å². The Morgan fingerprint density at radius 3 is 2.38 bits per heavy atom. The van der Waals surface area contributed by atoms with Gasteiger partial charge in [-0.2, -0.15) is 27.1 Å². The predicted molar refractivity (Wildman–Crippen MR) is 37.3 cm³/mol. The van der Waals surface area contributed by atoms with Gasteiger partial charge in [0.2, 0.25) is 6.17 Å². The fourth-order valence-corrected chi connectivity index (χ4v) is 1.57. The minimum absolute atomic E-state index is 1.02. The van der Waals surface area contributed by atoms with Crippen LogP contribution >= 0.6 is 0 Å². The van der Waals surface area contributed by atoms with Gasteiger partial charge in [-0.25, -0.2) is 4.39 Å². The second kappa shape index (κ2) is 2.90. The van der Waals surface area contributed by atoms with Crippen LogP contribution in [0.25, 0.3) is 0 Å². The summed E-state index contributed by atoms with van der Waals surface area (Å²) in [6.07, 6.45) is -10.9. The number of fused-ring (bicyclic) bond motifs is 1. The molecule has 16 heavy (non-hydrogen) atoms. The van der Waals surface area contributed by atoms with Crippen molar-refractivity contribution < 1.29 is 31.4 Å². The molecule has 2 N–H and O–H groups in total. The molecular formula is C7H4F6N2O. The van der Waals surface area contributed by atoms with E-state index in [0.717, 1.165) is 0 Å². The number of hydrogen-bond acceptors (Lipinski definition) is 2. The summed E-state index contributed by atoms with van der Waals surface area (Å²) in [5.74, 6) is -4.27. The largest absolute Gasteiger partial charge is 0.435 e. The van der Waals surface area contributed by atoms with Gasteiger partial charge in [0.05, 0.1) is 5.69 Å². The van der Waals surface area contributed by atoms with Gasteiger partial charge in [-0.3, -0.25) is 5.10 Å². The van der Waals surface area contributed by atoms with Crippen LogP contribution in [0.1, 0.15) is 29.2 Å². The van der Waals surface area contributed by atoms with E-state index in [-0.39, 0.29) is 0 Å². The van der Waals surface area contributed by atoms with E-state index in [1.54, 1.807) is 5.10 Å². The van der Waals surface area contributed by atoms with Crippen LogP contribution in [0.4, 0.5) is 26.3 Å². The van der Waals surface area contributed by atoms with Crippen LogP contribution in [0, 0.1) is 0 Å². The van der Waals surface area contributed by atoms with Crippen molar-refractivity contribution in [3.63, 3.8) is 0 Å². The average molecular weight is 246 g/mol. The zero-order valence-corrected chi connectivity index (χ0v) is 7.32. The van der Waals surface area contributed by atoms with Crippen LogP contribution in [0.15, 0.2) is 0 Å². The molecule has 0 radical (unpaired) electrons. The van der Waals surface area contributed by atoms with Crippen molar-refractivity contribution in [2.45, 2.75) is 24.4 Å². The Morgan fingerprint density at radius 2 is 1.88 bits per heavy atom. The van der Waals surface area contributed by atoms with Gasteiger partial charge < -0.3 is 5.11 Å². The van der Waals surface area contributed by atoms with Gasteiger partial charge in [0, 0.05) is 5.56 Å². The van der Waals surface area contributed by atoms with Crippen LogP contribution in [0.5, 0.6) is 0 Å². The second-order valence-corrected chi connectivity index (χ2v) is 3.34. The Hall–Kier alpha value is -1.25. The highest BCUT2D eigenvalue weighted by atomic mass is 19.4. The van der Waals surface area contributed by atoms with Gasteiger partial charge in [0.25, 0.3) is 0 Å². The van der Waals surface area contributed by atoms with E-state index in [1.807, 2.05) is 0 Å². The van der Waals surface area contributed by atoms with Gasteiger partial charge >= 0.3 is 12.1 Å². The Balaban J connectivity index is 2.59. The zero-order valence-electron chi connectivity index (χ0n) is 7.32. The summed E-state index contributed by atoms with van der Waals surface area (Å²) >= 11 is 0. The number of H-pyrrole nitrogens is 1. The highest BCUT2D eigenvalue weighted by Crippen LogP contribution is 2.54. The van der Waals surface area contributed by atoms with E-state index in [0.29, 0.717) is 0 Å². The first-order valence-corrected chi connectivity index (χ1v) is 4.02. The maximum atomic E-state index is 13.0. The van der Waals surface area contributed by atoms with Gasteiger partial charge in [-0.05, 0) is 0 Å². The fourth-order valence-electron chi connectivity index (χ4n) is 1.57. The summed E-state index contributed by atoms with van der Waals surface area (Å²) in [6.45, 7) is 0. The minimum Gasteiger partial charge on any atom is -0.382 e. The molecule has 0 amide bonds. The molecule has 2 unspecified atom stereocenters. The van der Waals surface area contributed by atoms with Gasteiger partial charge in [0.15, 0.2) is 5.69 Å². The van der Waals surface area contributed by atoms with E-state index in [4.69, 9.17) is 5.11 Å². The molecule has 90 valence electrons. The molecule has 9 heteroatoms. The molecule has 1 aliphatic carbocycles. The van der Waals surface area contributed by atoms with Gasteiger partial charge in [0.1, 0.15) is 6.10 Å². The number of rotatable bonds is 0. The topological polar surface area (TPSA) is 48.9 Å². The van der Waals surface area contributed by atoms with Crippen LogP contribution in [-0.2, 0) is 6.18 Å². The molecule has 0 saturated heterocycles. The lowest BCUT2D eigenvalue weighted by Gasteiger charge is -2.17. The maximum Gasteiger partial charge on any atom is 0.435 e. The average Bonchev–Trinajstić information content (AvgIpc) is 2.63. The molecule has 0 saturated carbocycles. The lowest BCUT2D eigenvalue weighted by atomic mass is 10.1. The highest BCUT2D eigenvalue weighted by molar-refractivity contribution is 5.39. The molecule has 1 aromatic heterocycles. The number of aliphatic hydroxyl groups is 1. The predicted octanol–water partition coefficient (Wildman–Crippen LogP) is 2.12. The monoisotopic (exact) mass is 246 g/mol. The number of aliphatic hydroxyl groups excluding tert-OH is 1. The van der Waals surface area contributed by atoms with Crippen molar-refractivity contribution in [3.05, 3.63) is 17.0 Å². The first-order chi connectivity index (χ1) is 7.17. The molecule has 1 heterocycles. The molecule has 2 atom stereocenters. The molecular weight excluding hydrogens is 242 g/mol. The second-order valence-electron chi connectivity index (χ2n) is 3.34. The van der Waals surface area contributed by atoms with Crippen LogP contribution in [0.3, 0.4) is 0 Å². The number of alkyl halides is 6. The molecule has 0 aromatic carbocycles. The van der Waals surface area contributed by atoms with E-state index in [2.05, 4.69) is 5.10 Å². The maximum absolute atomic E-state index is 13.0. The van der Waals surface area contributed by atoms with Crippen LogP contribution in [-0.4, -0.2) is 21.2 Å². The molecule has 1 aliphatic rings. The normalized spacial score (nSPS) is 28.2. The van der Waals surface area contributed by atoms with Crippen molar-refractivity contribution in [2.75, 3.05) is 0 Å². The smallest absolute Gasteiger partial charge is 0.382 e. The summed E-state index contributed by atoms with van der Waals surface area (Å²) in [7, 11) is 0. The van der Waals surface area contributed by atoms with Crippen molar-refractivity contribution in [2.24, 2.45) is 0 Å². The number of halogens is 6. The SMILES string of the molecule is OC1c2c(C(F)(F)F)n[nH]c2C(F)C1(F)F. The fraction of sp³-hybridized carbons (Fsp3) is 0.571. The number of nitrogens with zero attached hydrogens (tertiary/aromatic N) is 1. The van der Waals surface area contributed by atoms with E-state index in [1.165, 1.54) is 0 Å². The van der Waals surface area contributed by atoms with Gasteiger partial charge in [-0.1, -0.05) is 0 Å². The zero-order chi connectivity index (χ0) is 12.3. The number of nitrogens with one attached hydrogen (secondary N) is 1. The third-order valence-corrected chi connectivity index (χ3v) is 2.33.